The quantitative estimate of drug-likeness (QED) is 0.0969. The van der Waals surface area contributed by atoms with E-state index in [9.17, 15) is 4.39 Å². The molecular formula is C83H64FN7O. The van der Waals surface area contributed by atoms with Crippen molar-refractivity contribution in [3.8, 4) is 34.0 Å². The second kappa shape index (κ2) is 28.2. The number of nitrogens with zero attached hydrogens (tertiary/aromatic N) is 3. The highest BCUT2D eigenvalue weighted by Crippen LogP contribution is 2.39. The number of ether oxygens (including phenoxy) is 1. The summed E-state index contributed by atoms with van der Waals surface area (Å²) in [5, 5.41) is 23.2. The lowest BCUT2D eigenvalue weighted by molar-refractivity contribution is 0.415. The Morgan fingerprint density at radius 2 is 0.870 bits per heavy atom. The molecule has 444 valence electrons. The summed E-state index contributed by atoms with van der Waals surface area (Å²) >= 11 is 0. The molecule has 2 aromatic heterocycles. The number of anilines is 8. The van der Waals surface area contributed by atoms with Gasteiger partial charge in [-0.05, 0) is 154 Å². The van der Waals surface area contributed by atoms with Crippen molar-refractivity contribution in [2.45, 2.75) is 0 Å². The molecule has 4 N–H and O–H groups in total. The summed E-state index contributed by atoms with van der Waals surface area (Å²) in [6.45, 7) is 0. The second-order valence-electron chi connectivity index (χ2n) is 21.5. The lowest BCUT2D eigenvalue weighted by atomic mass is 10.1. The Bertz CT molecular complexity index is 5350. The molecule has 9 heteroatoms. The minimum Gasteiger partial charge on any atom is -0.497 e. The monoisotopic (exact) mass is 1200 g/mol. The van der Waals surface area contributed by atoms with Crippen molar-refractivity contribution in [2.75, 3.05) is 28.4 Å². The van der Waals surface area contributed by atoms with Gasteiger partial charge in [0.25, 0.3) is 0 Å². The highest BCUT2D eigenvalue weighted by Gasteiger charge is 2.16. The van der Waals surface area contributed by atoms with Crippen LogP contribution >= 0.6 is 0 Å². The van der Waals surface area contributed by atoms with Crippen LogP contribution in [-0.4, -0.2) is 21.6 Å². The van der Waals surface area contributed by atoms with E-state index in [0.29, 0.717) is 5.56 Å². The molecule has 0 fully saturated rings. The minimum atomic E-state index is -0.381. The highest BCUT2D eigenvalue weighted by atomic mass is 19.1. The molecule has 0 bridgehead atoms. The number of methoxy groups -OCH3 is 1. The van der Waals surface area contributed by atoms with Crippen LogP contribution in [0.25, 0.3) is 82.3 Å². The average molecular weight is 1200 g/mol. The summed E-state index contributed by atoms with van der Waals surface area (Å²) in [6, 6.07) is 99.2. The fraction of sp³-hybridized carbons (Fsp3) is 0.0120. The van der Waals surface area contributed by atoms with E-state index < -0.39 is 0 Å². The number of fused-ring (bicyclic) bond motifs is 7. The van der Waals surface area contributed by atoms with E-state index in [4.69, 9.17) is 11.6 Å². The maximum Gasteiger partial charge on any atom is 0.159 e. The molecule has 16 rings (SSSR count). The predicted octanol–water partition coefficient (Wildman–Crippen LogP) is 22.5. The van der Waals surface area contributed by atoms with E-state index in [1.54, 1.807) is 43.8 Å². The van der Waals surface area contributed by atoms with Gasteiger partial charge in [0.15, 0.2) is 5.82 Å². The van der Waals surface area contributed by atoms with Gasteiger partial charge in [0.1, 0.15) is 11.6 Å². The zero-order valence-corrected chi connectivity index (χ0v) is 50.2. The Balaban J connectivity index is 0.000000122. The fourth-order valence-electron chi connectivity index (χ4n) is 10.9. The number of halogens is 1. The Labute approximate surface area is 541 Å². The molecule has 0 aliphatic heterocycles. The predicted molar refractivity (Wildman–Crippen MR) is 384 cm³/mol. The largest absolute Gasteiger partial charge is 0.497 e. The van der Waals surface area contributed by atoms with Crippen molar-refractivity contribution in [3.63, 3.8) is 0 Å². The Morgan fingerprint density at radius 3 is 1.54 bits per heavy atom. The molecule has 14 aromatic carbocycles. The summed E-state index contributed by atoms with van der Waals surface area (Å²) in [5.74, 6) is 1.31. The molecule has 0 radical (unpaired) electrons. The van der Waals surface area contributed by atoms with Gasteiger partial charge < -0.3 is 30.6 Å². The zero-order chi connectivity index (χ0) is 66.6. The second-order valence-corrected chi connectivity index (χ2v) is 21.5. The molecule has 2 heterocycles. The molecule has 0 unspecified atom stereocenters. The van der Waals surface area contributed by atoms with Crippen LogP contribution in [0.4, 0.5) is 49.9 Å². The van der Waals surface area contributed by atoms with Crippen molar-refractivity contribution >= 4 is 99.6 Å². The molecule has 0 amide bonds. The van der Waals surface area contributed by atoms with Crippen LogP contribution in [0.5, 0.6) is 5.75 Å². The van der Waals surface area contributed by atoms with Gasteiger partial charge in [-0.3, -0.25) is 0 Å². The summed E-state index contributed by atoms with van der Waals surface area (Å²) in [5.41, 5.74) is 13.2. The van der Waals surface area contributed by atoms with Crippen molar-refractivity contribution < 1.29 is 16.0 Å². The van der Waals surface area contributed by atoms with Crippen LogP contribution in [0.1, 0.15) is 6.85 Å². The molecule has 16 aromatic rings. The minimum absolute atomic E-state index is 0.194. The van der Waals surface area contributed by atoms with Crippen LogP contribution in [0.2, 0.25) is 0 Å². The molecule has 8 nitrogen and oxygen atoms in total. The maximum absolute atomic E-state index is 12.7. The molecule has 0 atom stereocenters. The van der Waals surface area contributed by atoms with Gasteiger partial charge in [-0.25, -0.2) is 14.4 Å². The van der Waals surface area contributed by atoms with E-state index in [1.807, 2.05) is 127 Å². The van der Waals surface area contributed by atoms with Crippen molar-refractivity contribution in [1.82, 2.24) is 14.5 Å². The number of rotatable bonds is 12. The topological polar surface area (TPSA) is 88.1 Å². The number of benzene rings is 14. The Kier molecular flexibility index (Phi) is 16.2. The first-order chi connectivity index (χ1) is 47.5. The number of para-hydroxylation sites is 2. The van der Waals surface area contributed by atoms with Crippen molar-refractivity contribution in [2.24, 2.45) is 0 Å². The number of hydrogen-bond donors (Lipinski definition) is 4. The van der Waals surface area contributed by atoms with Crippen LogP contribution in [0, 0.1) is 5.82 Å². The first-order valence-electron chi connectivity index (χ1n) is 32.6. The molecular weight excluding hydrogens is 1130 g/mol. The van der Waals surface area contributed by atoms with Crippen molar-refractivity contribution in [3.05, 3.63) is 352 Å². The summed E-state index contributed by atoms with van der Waals surface area (Å²) in [7, 11) is 1.63. The van der Waals surface area contributed by atoms with Crippen molar-refractivity contribution in [1.29, 1.82) is 0 Å². The third-order valence-corrected chi connectivity index (χ3v) is 15.4. The number of nitrogens with one attached hydrogen (secondary N) is 4. The summed E-state index contributed by atoms with van der Waals surface area (Å²) in [6.07, 6.45) is 3.59. The molecule has 0 spiro atoms. The summed E-state index contributed by atoms with van der Waals surface area (Å²) < 4.78 is 59.8. The van der Waals surface area contributed by atoms with E-state index in [-0.39, 0.29) is 41.6 Å². The number of hydrogen-bond acceptors (Lipinski definition) is 7. The number of aromatic nitrogens is 3. The average Bonchev–Trinajstić information content (AvgIpc) is 1.59. The van der Waals surface area contributed by atoms with Crippen LogP contribution in [0.3, 0.4) is 0 Å². The van der Waals surface area contributed by atoms with Gasteiger partial charge in [-0.2, -0.15) is 0 Å². The zero-order valence-electron chi connectivity index (χ0n) is 55.2. The lowest BCUT2D eigenvalue weighted by Gasteiger charge is -2.11. The third kappa shape index (κ3) is 14.1. The van der Waals surface area contributed by atoms with Gasteiger partial charge >= 0.3 is 0 Å². The van der Waals surface area contributed by atoms with Gasteiger partial charge in [0.05, 0.1) is 43.1 Å². The lowest BCUT2D eigenvalue weighted by Crippen LogP contribution is -1.95. The third-order valence-electron chi connectivity index (χ3n) is 15.4. The van der Waals surface area contributed by atoms with Gasteiger partial charge in [0, 0.05) is 72.6 Å². The maximum atomic E-state index is 12.7. The highest BCUT2D eigenvalue weighted by molar-refractivity contribution is 6.19. The van der Waals surface area contributed by atoms with Crippen LogP contribution in [0.15, 0.2) is 346 Å². The van der Waals surface area contributed by atoms with Gasteiger partial charge in [-0.1, -0.05) is 212 Å². The van der Waals surface area contributed by atoms with E-state index in [2.05, 4.69) is 175 Å². The fourth-order valence-corrected chi connectivity index (χ4v) is 10.9. The van der Waals surface area contributed by atoms with Crippen LogP contribution < -0.4 is 26.0 Å². The smallest absolute Gasteiger partial charge is 0.159 e. The first-order valence-corrected chi connectivity index (χ1v) is 30.1. The molecule has 0 saturated carbocycles. The van der Waals surface area contributed by atoms with Gasteiger partial charge in [0.2, 0.25) is 0 Å². The van der Waals surface area contributed by atoms with E-state index in [0.717, 1.165) is 73.4 Å². The van der Waals surface area contributed by atoms with E-state index >= 15 is 0 Å². The van der Waals surface area contributed by atoms with Crippen LogP contribution in [-0.2, 0) is 0 Å². The normalized spacial score (nSPS) is 11.5. The molecule has 0 saturated heterocycles. The SMILES string of the molecule is COc1ccc(Nc2ccc(F)cc2)cc1.[2H]c1c([2H])c([2H])c(-c2ccc(Nc3cccc4ccccc34)cc2)c([2H])c1[2H].c1ccc(Nc2ccc3c(c2)c2ccc4ccccc4c2n3-c2ccc3ccccc3c2)cc1.c1ccc(Nc2cnc(-c3ccccc3)nc2)cc1. The molecule has 92 heavy (non-hydrogen) atoms. The molecule has 0 aliphatic rings. The molecule has 0 aliphatic carbocycles. The van der Waals surface area contributed by atoms with E-state index in [1.165, 1.54) is 61.2 Å². The Morgan fingerprint density at radius 1 is 0.359 bits per heavy atom. The summed E-state index contributed by atoms with van der Waals surface area (Å²) in [4.78, 5) is 8.74. The Hall–Kier alpha value is -12.3. The first kappa shape index (κ1) is 52.8. The standard InChI is InChI=1S/C32H22N2.C22H17N.C16H13N3.C13H12FNO/c1-2-11-25(12-3-1)33-26-16-19-31-30(21-26)29-18-15-23-9-6-7-13-28(23)32(29)34(31)27-17-14-22-8-4-5-10-24(22)20-27;1-2-7-17(8-3-1)18-13-15-20(16-14-18)23-22-12-6-10-19-9-4-5-11-21(19)22;1-3-7-13(8-4-1)16-17-11-15(12-18-16)19-14-9-5-2-6-10-14;1-16-13-8-6-12(7-9-13)15-11-4-2-10(14)3-5-11/h1-21,33H;1-16,23H;1-12,19H;2-9,15H,1H3/i;1D,2D,3D,7D,8D;;. The van der Waals surface area contributed by atoms with Gasteiger partial charge in [-0.15, -0.1) is 0 Å².